The fourth-order valence-corrected chi connectivity index (χ4v) is 1.71. The highest BCUT2D eigenvalue weighted by atomic mass is 79.9. The number of carbonyl (C=O) groups is 1. The van der Waals surface area contributed by atoms with Crippen LogP contribution >= 0.6 is 15.9 Å². The molecule has 0 heterocycles. The number of nitrogens with zero attached hydrogens (tertiary/aromatic N) is 1. The molecule has 0 saturated heterocycles. The number of esters is 1. The molecule has 0 spiro atoms. The summed E-state index contributed by atoms with van der Waals surface area (Å²) in [5.74, 6) is -0.371. The van der Waals surface area contributed by atoms with E-state index in [1.807, 2.05) is 6.92 Å². The maximum Gasteiger partial charge on any atom is 0.337 e. The first kappa shape index (κ1) is 12.7. The highest BCUT2D eigenvalue weighted by Crippen LogP contribution is 2.25. The van der Waals surface area contributed by atoms with E-state index in [0.717, 1.165) is 5.56 Å². The molecular weight excluding hydrogens is 270 g/mol. The van der Waals surface area contributed by atoms with Crippen LogP contribution in [0.5, 0.6) is 0 Å². The van der Waals surface area contributed by atoms with E-state index in [1.165, 1.54) is 7.11 Å². The summed E-state index contributed by atoms with van der Waals surface area (Å²) in [6.07, 6.45) is 0. The molecule has 0 N–H and O–H groups in total. The van der Waals surface area contributed by atoms with Gasteiger partial charge in [0.15, 0.2) is 0 Å². The lowest BCUT2D eigenvalue weighted by Gasteiger charge is -2.18. The van der Waals surface area contributed by atoms with E-state index < -0.39 is 5.41 Å². The number of benzene rings is 1. The van der Waals surface area contributed by atoms with Crippen LogP contribution in [0.1, 0.15) is 22.8 Å². The molecule has 0 aromatic heterocycles. The van der Waals surface area contributed by atoms with E-state index in [2.05, 4.69) is 26.7 Å². The lowest BCUT2D eigenvalue weighted by Crippen LogP contribution is -2.21. The molecule has 0 aliphatic carbocycles. The van der Waals surface area contributed by atoms with Gasteiger partial charge in [-0.15, -0.1) is 0 Å². The van der Waals surface area contributed by atoms with E-state index in [-0.39, 0.29) is 5.97 Å². The van der Waals surface area contributed by atoms with Crippen molar-refractivity contribution in [1.82, 2.24) is 0 Å². The molecule has 1 unspecified atom stereocenters. The molecule has 0 radical (unpaired) electrons. The van der Waals surface area contributed by atoms with Gasteiger partial charge >= 0.3 is 5.97 Å². The minimum Gasteiger partial charge on any atom is -0.465 e. The molecule has 1 aromatic rings. The third-order valence-electron chi connectivity index (χ3n) is 2.46. The summed E-state index contributed by atoms with van der Waals surface area (Å²) >= 11 is 3.32. The number of hydrogen-bond acceptors (Lipinski definition) is 3. The predicted octanol–water partition coefficient (Wildman–Crippen LogP) is 2.65. The van der Waals surface area contributed by atoms with E-state index in [0.29, 0.717) is 10.9 Å². The van der Waals surface area contributed by atoms with Crippen molar-refractivity contribution in [2.75, 3.05) is 12.4 Å². The molecule has 0 aliphatic rings. The molecule has 4 heteroatoms. The summed E-state index contributed by atoms with van der Waals surface area (Å²) in [6, 6.07) is 9.13. The lowest BCUT2D eigenvalue weighted by atomic mass is 9.86. The number of rotatable bonds is 3. The summed E-state index contributed by atoms with van der Waals surface area (Å²) in [6.45, 7) is 1.84. The Bertz CT molecular complexity index is 422. The Hall–Kier alpha value is -1.34. The molecular formula is C12H12BrNO2. The van der Waals surface area contributed by atoms with E-state index in [4.69, 9.17) is 5.26 Å². The Kier molecular flexibility index (Phi) is 4.08. The number of halogens is 1. The fraction of sp³-hybridized carbons (Fsp3) is 0.333. The van der Waals surface area contributed by atoms with E-state index >= 15 is 0 Å². The largest absolute Gasteiger partial charge is 0.465 e. The van der Waals surface area contributed by atoms with Gasteiger partial charge in [0.1, 0.15) is 0 Å². The zero-order valence-corrected chi connectivity index (χ0v) is 10.7. The Morgan fingerprint density at radius 3 is 2.44 bits per heavy atom. The van der Waals surface area contributed by atoms with Crippen molar-refractivity contribution in [3.63, 3.8) is 0 Å². The number of ether oxygens (including phenoxy) is 1. The smallest absolute Gasteiger partial charge is 0.337 e. The van der Waals surface area contributed by atoms with Crippen molar-refractivity contribution in [3.05, 3.63) is 35.4 Å². The molecule has 1 aromatic carbocycles. The van der Waals surface area contributed by atoms with Gasteiger partial charge in [0, 0.05) is 5.33 Å². The first-order chi connectivity index (χ1) is 7.57. The van der Waals surface area contributed by atoms with Gasteiger partial charge in [0.05, 0.1) is 24.2 Å². The molecule has 0 bridgehead atoms. The van der Waals surface area contributed by atoms with Crippen molar-refractivity contribution in [1.29, 1.82) is 5.26 Å². The minimum atomic E-state index is -0.575. The number of methoxy groups -OCH3 is 1. The minimum absolute atomic E-state index is 0.371. The van der Waals surface area contributed by atoms with Gasteiger partial charge in [0.25, 0.3) is 0 Å². The molecule has 0 amide bonds. The van der Waals surface area contributed by atoms with Crippen molar-refractivity contribution >= 4 is 21.9 Å². The lowest BCUT2D eigenvalue weighted by molar-refractivity contribution is 0.0600. The normalized spacial score (nSPS) is 13.6. The van der Waals surface area contributed by atoms with Crippen molar-refractivity contribution < 1.29 is 9.53 Å². The monoisotopic (exact) mass is 281 g/mol. The van der Waals surface area contributed by atoms with E-state index in [1.54, 1.807) is 24.3 Å². The molecule has 0 fully saturated rings. The topological polar surface area (TPSA) is 50.1 Å². The number of nitriles is 1. The van der Waals surface area contributed by atoms with Crippen LogP contribution in [0.15, 0.2) is 24.3 Å². The van der Waals surface area contributed by atoms with Crippen LogP contribution in [0.3, 0.4) is 0 Å². The van der Waals surface area contributed by atoms with Crippen molar-refractivity contribution in [2.24, 2.45) is 0 Å². The van der Waals surface area contributed by atoms with Gasteiger partial charge < -0.3 is 4.74 Å². The highest BCUT2D eigenvalue weighted by Gasteiger charge is 2.25. The molecule has 84 valence electrons. The van der Waals surface area contributed by atoms with Crippen LogP contribution in [-0.4, -0.2) is 18.4 Å². The second-order valence-corrected chi connectivity index (χ2v) is 4.21. The van der Waals surface area contributed by atoms with Crippen LogP contribution in [0.2, 0.25) is 0 Å². The number of hydrogen-bond donors (Lipinski definition) is 0. The molecule has 1 rings (SSSR count). The summed E-state index contributed by atoms with van der Waals surface area (Å²) in [4.78, 5) is 11.2. The average Bonchev–Trinajstić information content (AvgIpc) is 2.37. The molecule has 0 saturated carbocycles. The van der Waals surface area contributed by atoms with Crippen LogP contribution < -0.4 is 0 Å². The average molecular weight is 282 g/mol. The molecule has 16 heavy (non-hydrogen) atoms. The van der Waals surface area contributed by atoms with Gasteiger partial charge in [-0.1, -0.05) is 28.1 Å². The highest BCUT2D eigenvalue weighted by molar-refractivity contribution is 9.09. The van der Waals surface area contributed by atoms with Crippen LogP contribution in [0, 0.1) is 11.3 Å². The van der Waals surface area contributed by atoms with Crippen LogP contribution in [0.4, 0.5) is 0 Å². The summed E-state index contributed by atoms with van der Waals surface area (Å²) in [5, 5.41) is 9.64. The zero-order chi connectivity index (χ0) is 12.2. The first-order valence-corrected chi connectivity index (χ1v) is 5.85. The van der Waals surface area contributed by atoms with Gasteiger partial charge in [-0.05, 0) is 24.6 Å². The van der Waals surface area contributed by atoms with Gasteiger partial charge in [-0.25, -0.2) is 4.79 Å². The van der Waals surface area contributed by atoms with Gasteiger partial charge in [-0.2, -0.15) is 5.26 Å². The van der Waals surface area contributed by atoms with Crippen LogP contribution in [-0.2, 0) is 10.2 Å². The van der Waals surface area contributed by atoms with Crippen LogP contribution in [0.25, 0.3) is 0 Å². The quantitative estimate of drug-likeness (QED) is 0.632. The second-order valence-electron chi connectivity index (χ2n) is 3.65. The van der Waals surface area contributed by atoms with E-state index in [9.17, 15) is 4.79 Å². The molecule has 3 nitrogen and oxygen atoms in total. The predicted molar refractivity (Wildman–Crippen MR) is 64.5 cm³/mol. The van der Waals surface area contributed by atoms with Gasteiger partial charge in [-0.3, -0.25) is 0 Å². The Balaban J connectivity index is 3.04. The fourth-order valence-electron chi connectivity index (χ4n) is 1.26. The second kappa shape index (κ2) is 5.13. The maximum atomic E-state index is 11.2. The Morgan fingerprint density at radius 2 is 2.06 bits per heavy atom. The Labute approximate surface area is 103 Å². The third-order valence-corrected chi connectivity index (χ3v) is 3.58. The number of carbonyl (C=O) groups excluding carboxylic acids is 1. The third kappa shape index (κ3) is 2.42. The number of alkyl halides is 1. The maximum absolute atomic E-state index is 11.2. The van der Waals surface area contributed by atoms with Gasteiger partial charge in [0.2, 0.25) is 0 Å². The molecule has 0 aliphatic heterocycles. The van der Waals surface area contributed by atoms with Crippen molar-refractivity contribution in [2.45, 2.75) is 12.3 Å². The zero-order valence-electron chi connectivity index (χ0n) is 9.16. The SMILES string of the molecule is COC(=O)c1ccc(C(C)(C#N)CBr)cc1. The molecule has 1 atom stereocenters. The summed E-state index contributed by atoms with van der Waals surface area (Å²) in [5.41, 5.74) is 0.787. The first-order valence-electron chi connectivity index (χ1n) is 4.73. The summed E-state index contributed by atoms with van der Waals surface area (Å²) in [7, 11) is 1.34. The summed E-state index contributed by atoms with van der Waals surface area (Å²) < 4.78 is 4.60. The Morgan fingerprint density at radius 1 is 1.50 bits per heavy atom. The standard InChI is InChI=1S/C12H12BrNO2/c1-12(7-13,8-14)10-5-3-9(4-6-10)11(15)16-2/h3-6H,7H2,1-2H3. The van der Waals surface area contributed by atoms with Crippen molar-refractivity contribution in [3.8, 4) is 6.07 Å².